The van der Waals surface area contributed by atoms with Crippen molar-refractivity contribution in [3.8, 4) is 0 Å². The molecule has 0 amide bonds. The molecule has 0 bridgehead atoms. The van der Waals surface area contributed by atoms with E-state index in [1.807, 2.05) is 19.2 Å². The summed E-state index contributed by atoms with van der Waals surface area (Å²) in [5.74, 6) is 0. The second-order valence-electron chi connectivity index (χ2n) is 4.28. The Hall–Kier alpha value is -0.420. The van der Waals surface area contributed by atoms with E-state index >= 15 is 0 Å². The fourth-order valence-electron chi connectivity index (χ4n) is 2.04. The zero-order valence-electron chi connectivity index (χ0n) is 10.4. The van der Waals surface area contributed by atoms with Crippen LogP contribution in [0, 0.1) is 0 Å². The summed E-state index contributed by atoms with van der Waals surface area (Å²) >= 11 is 3.48. The Morgan fingerprint density at radius 3 is 2.71 bits per heavy atom. The second kappa shape index (κ2) is 7.11. The Labute approximate surface area is 112 Å². The third-order valence-electron chi connectivity index (χ3n) is 2.99. The number of aliphatic hydroxyl groups excluding tert-OH is 1. The van der Waals surface area contributed by atoms with Crippen molar-refractivity contribution in [3.05, 3.63) is 34.3 Å². The zero-order valence-corrected chi connectivity index (χ0v) is 12.0. The maximum atomic E-state index is 9.05. The molecule has 0 aromatic heterocycles. The lowest BCUT2D eigenvalue weighted by Gasteiger charge is -2.32. The first-order chi connectivity index (χ1) is 8.10. The van der Waals surface area contributed by atoms with Gasteiger partial charge < -0.3 is 10.8 Å². The van der Waals surface area contributed by atoms with Gasteiger partial charge in [-0.1, -0.05) is 35.0 Å². The summed E-state index contributed by atoms with van der Waals surface area (Å²) in [6.07, 6.45) is 0.910. The van der Waals surface area contributed by atoms with Crippen LogP contribution in [0.25, 0.3) is 0 Å². The number of nitrogens with two attached hydrogens (primary N) is 1. The van der Waals surface area contributed by atoms with Crippen molar-refractivity contribution in [2.75, 3.05) is 20.2 Å². The third-order valence-corrected chi connectivity index (χ3v) is 3.49. The van der Waals surface area contributed by atoms with Crippen LogP contribution < -0.4 is 5.73 Å². The molecule has 0 aliphatic rings. The zero-order chi connectivity index (χ0) is 12.8. The minimum Gasteiger partial charge on any atom is -0.395 e. The van der Waals surface area contributed by atoms with Crippen LogP contribution >= 0.6 is 15.9 Å². The molecule has 0 saturated carbocycles. The molecule has 1 aromatic carbocycles. The molecule has 3 N–H and O–H groups in total. The van der Waals surface area contributed by atoms with Crippen LogP contribution in [0.3, 0.4) is 0 Å². The van der Waals surface area contributed by atoms with E-state index in [9.17, 15) is 0 Å². The molecule has 0 aliphatic carbocycles. The van der Waals surface area contributed by atoms with Crippen LogP contribution in [0.2, 0.25) is 0 Å². The first-order valence-corrected chi connectivity index (χ1v) is 6.71. The molecule has 0 heterocycles. The first kappa shape index (κ1) is 14.6. The Bertz CT molecular complexity index is 346. The lowest BCUT2D eigenvalue weighted by atomic mass is 9.97. The lowest BCUT2D eigenvalue weighted by Crippen LogP contribution is -2.40. The monoisotopic (exact) mass is 300 g/mol. The molecule has 0 saturated heterocycles. The van der Waals surface area contributed by atoms with Gasteiger partial charge in [0.05, 0.1) is 6.61 Å². The predicted octanol–water partition coefficient (Wildman–Crippen LogP) is 2.15. The highest BCUT2D eigenvalue weighted by molar-refractivity contribution is 9.10. The van der Waals surface area contributed by atoms with Crippen LogP contribution in [0.5, 0.6) is 0 Å². The maximum absolute atomic E-state index is 9.05. The van der Waals surface area contributed by atoms with Gasteiger partial charge in [0.2, 0.25) is 0 Å². The number of rotatable bonds is 6. The minimum absolute atomic E-state index is 0.0702. The molecule has 2 unspecified atom stereocenters. The molecule has 17 heavy (non-hydrogen) atoms. The van der Waals surface area contributed by atoms with Crippen molar-refractivity contribution in [1.29, 1.82) is 0 Å². The van der Waals surface area contributed by atoms with E-state index < -0.39 is 0 Å². The van der Waals surface area contributed by atoms with Gasteiger partial charge in [0, 0.05) is 23.1 Å². The van der Waals surface area contributed by atoms with Crippen LogP contribution in [-0.4, -0.2) is 36.2 Å². The van der Waals surface area contributed by atoms with Crippen LogP contribution in [0.1, 0.15) is 24.9 Å². The average Bonchev–Trinajstić information content (AvgIpc) is 2.29. The van der Waals surface area contributed by atoms with Crippen molar-refractivity contribution in [3.63, 3.8) is 0 Å². The summed E-state index contributed by atoms with van der Waals surface area (Å²) in [7, 11) is 2.00. The van der Waals surface area contributed by atoms with Gasteiger partial charge >= 0.3 is 0 Å². The summed E-state index contributed by atoms with van der Waals surface area (Å²) in [6, 6.07) is 8.41. The fourth-order valence-corrected chi connectivity index (χ4v) is 2.46. The molecular weight excluding hydrogens is 280 g/mol. The van der Waals surface area contributed by atoms with Gasteiger partial charge in [-0.25, -0.2) is 0 Å². The van der Waals surface area contributed by atoms with Gasteiger partial charge in [-0.15, -0.1) is 0 Å². The number of nitrogens with zero attached hydrogens (tertiary/aromatic N) is 1. The molecule has 96 valence electrons. The maximum Gasteiger partial charge on any atom is 0.0558 e. The van der Waals surface area contributed by atoms with Gasteiger partial charge in [-0.05, 0) is 31.2 Å². The summed E-state index contributed by atoms with van der Waals surface area (Å²) < 4.78 is 1.06. The normalized spacial score (nSPS) is 14.9. The summed E-state index contributed by atoms with van der Waals surface area (Å²) in [4.78, 5) is 2.11. The number of halogens is 1. The van der Waals surface area contributed by atoms with Gasteiger partial charge in [0.1, 0.15) is 0 Å². The molecular formula is C13H21BrN2O. The summed E-state index contributed by atoms with van der Waals surface area (Å²) in [6.45, 7) is 2.87. The predicted molar refractivity (Wildman–Crippen MR) is 74.9 cm³/mol. The lowest BCUT2D eigenvalue weighted by molar-refractivity contribution is 0.162. The van der Waals surface area contributed by atoms with E-state index in [1.165, 1.54) is 5.56 Å². The van der Waals surface area contributed by atoms with Crippen molar-refractivity contribution < 1.29 is 5.11 Å². The Morgan fingerprint density at radius 1 is 1.47 bits per heavy atom. The highest BCUT2D eigenvalue weighted by atomic mass is 79.9. The van der Waals surface area contributed by atoms with Crippen LogP contribution in [-0.2, 0) is 0 Å². The highest BCUT2D eigenvalue weighted by Gasteiger charge is 2.22. The third kappa shape index (κ3) is 4.07. The summed E-state index contributed by atoms with van der Waals surface area (Å²) in [5, 5.41) is 9.05. The highest BCUT2D eigenvalue weighted by Crippen LogP contribution is 2.25. The topological polar surface area (TPSA) is 49.5 Å². The van der Waals surface area contributed by atoms with E-state index in [-0.39, 0.29) is 18.7 Å². The van der Waals surface area contributed by atoms with E-state index in [0.717, 1.165) is 10.9 Å². The van der Waals surface area contributed by atoms with Crippen molar-refractivity contribution in [2.45, 2.75) is 25.4 Å². The molecule has 3 nitrogen and oxygen atoms in total. The van der Waals surface area contributed by atoms with E-state index in [0.29, 0.717) is 6.54 Å². The first-order valence-electron chi connectivity index (χ1n) is 5.92. The van der Waals surface area contributed by atoms with Crippen LogP contribution in [0.4, 0.5) is 0 Å². The number of hydrogen-bond acceptors (Lipinski definition) is 3. The van der Waals surface area contributed by atoms with Gasteiger partial charge in [0.15, 0.2) is 0 Å². The molecule has 2 atom stereocenters. The second-order valence-corrected chi connectivity index (χ2v) is 5.19. The van der Waals surface area contributed by atoms with E-state index in [1.54, 1.807) is 0 Å². The number of likely N-dealkylation sites (N-methyl/N-ethyl adjacent to an activating group) is 1. The standard InChI is InChI=1S/C13H21BrN2O/c1-3-12(15)13(16(2)7-8-17)10-5-4-6-11(14)9-10/h4-6,9,12-13,17H,3,7-8,15H2,1-2H3. The number of hydrogen-bond donors (Lipinski definition) is 2. The van der Waals surface area contributed by atoms with Crippen molar-refractivity contribution >= 4 is 15.9 Å². The Kier molecular flexibility index (Phi) is 6.12. The molecule has 0 spiro atoms. The quantitative estimate of drug-likeness (QED) is 0.846. The molecule has 0 fully saturated rings. The fraction of sp³-hybridized carbons (Fsp3) is 0.538. The Balaban J connectivity index is 2.97. The molecule has 1 aromatic rings. The largest absolute Gasteiger partial charge is 0.395 e. The molecule has 4 heteroatoms. The number of benzene rings is 1. The molecule has 0 aliphatic heterocycles. The minimum atomic E-state index is 0.0702. The smallest absolute Gasteiger partial charge is 0.0558 e. The molecule has 0 radical (unpaired) electrons. The number of aliphatic hydroxyl groups is 1. The van der Waals surface area contributed by atoms with E-state index in [4.69, 9.17) is 10.8 Å². The average molecular weight is 301 g/mol. The summed E-state index contributed by atoms with van der Waals surface area (Å²) in [5.41, 5.74) is 7.38. The van der Waals surface area contributed by atoms with Crippen molar-refractivity contribution in [1.82, 2.24) is 4.90 Å². The van der Waals surface area contributed by atoms with Gasteiger partial charge in [-0.2, -0.15) is 0 Å². The van der Waals surface area contributed by atoms with Gasteiger partial charge in [-0.3, -0.25) is 4.90 Å². The van der Waals surface area contributed by atoms with Gasteiger partial charge in [0.25, 0.3) is 0 Å². The van der Waals surface area contributed by atoms with Crippen molar-refractivity contribution in [2.24, 2.45) is 5.73 Å². The Morgan fingerprint density at radius 2 is 2.18 bits per heavy atom. The van der Waals surface area contributed by atoms with Crippen LogP contribution in [0.15, 0.2) is 28.7 Å². The molecule has 1 rings (SSSR count). The van der Waals surface area contributed by atoms with E-state index in [2.05, 4.69) is 39.9 Å². The SMILES string of the molecule is CCC(N)C(c1cccc(Br)c1)N(C)CCO.